The van der Waals surface area contributed by atoms with E-state index in [1.165, 1.54) is 10.9 Å². The third kappa shape index (κ3) is 6.95. The number of fused-ring (bicyclic) bond motifs is 1. The van der Waals surface area contributed by atoms with Crippen molar-refractivity contribution in [1.82, 2.24) is 9.66 Å². The molecule has 0 aliphatic heterocycles. The third-order valence-electron chi connectivity index (χ3n) is 6.26. The molecule has 1 heterocycles. The second-order valence-electron chi connectivity index (χ2n) is 10.1. The van der Waals surface area contributed by atoms with Gasteiger partial charge in [-0.15, -0.1) is 0 Å². The number of ether oxygens (including phenoxy) is 3. The summed E-state index contributed by atoms with van der Waals surface area (Å²) in [5, 5.41) is 5.31. The first-order valence-corrected chi connectivity index (χ1v) is 13.9. The fourth-order valence-corrected chi connectivity index (χ4v) is 4.59. The first-order valence-electron chi connectivity index (χ1n) is 13.5. The first kappa shape index (κ1) is 29.8. The van der Waals surface area contributed by atoms with Gasteiger partial charge in [0, 0.05) is 5.56 Å². The second kappa shape index (κ2) is 13.0. The summed E-state index contributed by atoms with van der Waals surface area (Å²) >= 11 is 6.41. The molecule has 41 heavy (non-hydrogen) atoms. The van der Waals surface area contributed by atoms with Crippen LogP contribution in [0.5, 0.6) is 11.5 Å². The van der Waals surface area contributed by atoms with Gasteiger partial charge in [-0.25, -0.2) is 9.78 Å². The highest BCUT2D eigenvalue weighted by Crippen LogP contribution is 2.34. The number of rotatable bonds is 10. The summed E-state index contributed by atoms with van der Waals surface area (Å²) in [7, 11) is 0. The zero-order valence-electron chi connectivity index (χ0n) is 24.1. The largest absolute Gasteiger partial charge is 0.494 e. The van der Waals surface area contributed by atoms with Crippen molar-refractivity contribution >= 4 is 34.7 Å². The minimum atomic E-state index is -0.484. The van der Waals surface area contributed by atoms with Gasteiger partial charge in [0.15, 0.2) is 12.4 Å². The monoisotopic (exact) mass is 575 g/mol. The summed E-state index contributed by atoms with van der Waals surface area (Å²) in [6, 6.07) is 16.2. The fourth-order valence-electron chi connectivity index (χ4n) is 4.35. The maximum atomic E-state index is 13.7. The Morgan fingerprint density at radius 3 is 2.49 bits per heavy atom. The van der Waals surface area contributed by atoms with Crippen molar-refractivity contribution in [2.24, 2.45) is 5.10 Å². The van der Waals surface area contributed by atoms with Crippen molar-refractivity contribution in [3.8, 4) is 22.9 Å². The molecule has 3 aromatic carbocycles. The van der Waals surface area contributed by atoms with Crippen molar-refractivity contribution in [3.63, 3.8) is 0 Å². The smallest absolute Gasteiger partial charge is 0.344 e. The SMILES string of the molecule is CCOc1cc(C)c(-c2nc3ccccc3c(=O)n2N=Cc2ccc(OCC(=O)OC(C)C)c(Cl)c2)cc1C(C)C. The maximum Gasteiger partial charge on any atom is 0.344 e. The standard InChI is InChI=1S/C32H34ClN3O5/c1-7-39-29-14-21(6)25(16-24(29)19(2)3)31-35-27-11-9-8-10-23(27)32(38)36(31)34-17-22-12-13-28(26(33)15-22)40-18-30(37)41-20(4)5/h8-17,19-20H,7,18H2,1-6H3. The van der Waals surface area contributed by atoms with Crippen LogP contribution < -0.4 is 15.0 Å². The molecule has 0 radical (unpaired) electrons. The Kier molecular flexibility index (Phi) is 9.45. The quantitative estimate of drug-likeness (QED) is 0.153. The van der Waals surface area contributed by atoms with Crippen molar-refractivity contribution < 1.29 is 19.0 Å². The number of hydrogen-bond acceptors (Lipinski definition) is 7. The molecule has 214 valence electrons. The maximum absolute atomic E-state index is 13.7. The van der Waals surface area contributed by atoms with Gasteiger partial charge in [-0.05, 0) is 92.8 Å². The Bertz CT molecular complexity index is 1660. The van der Waals surface area contributed by atoms with Gasteiger partial charge in [-0.1, -0.05) is 37.6 Å². The average molecular weight is 576 g/mol. The molecule has 0 unspecified atom stereocenters. The molecule has 0 amide bonds. The Morgan fingerprint density at radius 2 is 1.80 bits per heavy atom. The number of carbonyl (C=O) groups is 1. The number of hydrogen-bond donors (Lipinski definition) is 0. The van der Waals surface area contributed by atoms with Crippen LogP contribution in [0.3, 0.4) is 0 Å². The second-order valence-corrected chi connectivity index (χ2v) is 10.5. The van der Waals surface area contributed by atoms with Crippen LogP contribution in [0.15, 0.2) is 64.5 Å². The number of aromatic nitrogens is 2. The fraction of sp³-hybridized carbons (Fsp3) is 0.312. The molecule has 0 N–H and O–H groups in total. The molecule has 0 saturated heterocycles. The van der Waals surface area contributed by atoms with Crippen LogP contribution >= 0.6 is 11.6 Å². The molecule has 0 atom stereocenters. The number of halogens is 1. The highest BCUT2D eigenvalue weighted by Gasteiger charge is 2.18. The molecule has 0 saturated carbocycles. The van der Waals surface area contributed by atoms with Crippen LogP contribution in [0, 0.1) is 6.92 Å². The lowest BCUT2D eigenvalue weighted by molar-refractivity contribution is -0.149. The van der Waals surface area contributed by atoms with Gasteiger partial charge < -0.3 is 14.2 Å². The molecule has 0 bridgehead atoms. The number of carbonyl (C=O) groups excluding carboxylic acids is 1. The van der Waals surface area contributed by atoms with Gasteiger partial charge in [0.2, 0.25) is 0 Å². The van der Waals surface area contributed by atoms with E-state index in [4.69, 9.17) is 30.8 Å². The lowest BCUT2D eigenvalue weighted by Gasteiger charge is -2.18. The van der Waals surface area contributed by atoms with Crippen molar-refractivity contribution in [3.05, 3.63) is 86.7 Å². The molecule has 8 nitrogen and oxygen atoms in total. The summed E-state index contributed by atoms with van der Waals surface area (Å²) in [6.07, 6.45) is 1.30. The molecule has 0 aliphatic rings. The zero-order chi connectivity index (χ0) is 29.7. The molecular weight excluding hydrogens is 542 g/mol. The summed E-state index contributed by atoms with van der Waals surface area (Å²) in [5.74, 6) is 1.28. The van der Waals surface area contributed by atoms with Crippen LogP contribution in [0.1, 0.15) is 57.2 Å². The Labute approximate surface area is 244 Å². The van der Waals surface area contributed by atoms with E-state index in [0.717, 1.165) is 22.4 Å². The van der Waals surface area contributed by atoms with E-state index >= 15 is 0 Å². The molecule has 0 spiro atoms. The molecule has 4 aromatic rings. The Morgan fingerprint density at radius 1 is 1.05 bits per heavy atom. The van der Waals surface area contributed by atoms with Crippen LogP contribution in [-0.4, -0.2) is 41.2 Å². The number of esters is 1. The minimum absolute atomic E-state index is 0.190. The van der Waals surface area contributed by atoms with E-state index in [2.05, 4.69) is 18.9 Å². The van der Waals surface area contributed by atoms with Gasteiger partial charge in [-0.2, -0.15) is 9.78 Å². The minimum Gasteiger partial charge on any atom is -0.494 e. The molecular formula is C32H34ClN3O5. The molecule has 0 aliphatic carbocycles. The topological polar surface area (TPSA) is 92.0 Å². The van der Waals surface area contributed by atoms with Gasteiger partial charge in [-0.3, -0.25) is 4.79 Å². The van der Waals surface area contributed by atoms with E-state index in [0.29, 0.717) is 39.7 Å². The van der Waals surface area contributed by atoms with Gasteiger partial charge in [0.25, 0.3) is 5.56 Å². The van der Waals surface area contributed by atoms with Crippen molar-refractivity contribution in [2.45, 2.75) is 53.6 Å². The highest BCUT2D eigenvalue weighted by atomic mass is 35.5. The van der Waals surface area contributed by atoms with Crippen molar-refractivity contribution in [1.29, 1.82) is 0 Å². The van der Waals surface area contributed by atoms with Crippen LogP contribution in [0.2, 0.25) is 5.02 Å². The number of aryl methyl sites for hydroxylation is 1. The summed E-state index contributed by atoms with van der Waals surface area (Å²) < 4.78 is 17.8. The molecule has 1 aromatic heterocycles. The average Bonchev–Trinajstić information content (AvgIpc) is 2.92. The predicted octanol–water partition coefficient (Wildman–Crippen LogP) is 6.76. The lowest BCUT2D eigenvalue weighted by atomic mass is 9.96. The van der Waals surface area contributed by atoms with E-state index in [-0.39, 0.29) is 24.2 Å². The van der Waals surface area contributed by atoms with E-state index < -0.39 is 5.97 Å². The molecule has 9 heteroatoms. The number of benzene rings is 3. The summed E-state index contributed by atoms with van der Waals surface area (Å²) in [6.45, 7) is 11.9. The molecule has 0 fully saturated rings. The summed E-state index contributed by atoms with van der Waals surface area (Å²) in [4.78, 5) is 30.4. The van der Waals surface area contributed by atoms with Crippen LogP contribution in [-0.2, 0) is 9.53 Å². The van der Waals surface area contributed by atoms with E-state index in [9.17, 15) is 9.59 Å². The lowest BCUT2D eigenvalue weighted by Crippen LogP contribution is -2.21. The van der Waals surface area contributed by atoms with Gasteiger partial charge >= 0.3 is 5.97 Å². The van der Waals surface area contributed by atoms with Gasteiger partial charge in [0.05, 0.1) is 34.9 Å². The summed E-state index contributed by atoms with van der Waals surface area (Å²) in [5.41, 5.74) is 3.63. The van der Waals surface area contributed by atoms with E-state index in [1.54, 1.807) is 44.2 Å². The normalized spacial score (nSPS) is 11.5. The van der Waals surface area contributed by atoms with E-state index in [1.807, 2.05) is 38.1 Å². The van der Waals surface area contributed by atoms with Crippen LogP contribution in [0.4, 0.5) is 0 Å². The highest BCUT2D eigenvalue weighted by molar-refractivity contribution is 6.32. The first-order chi connectivity index (χ1) is 19.6. The number of nitrogens with zero attached hydrogens (tertiary/aromatic N) is 3. The zero-order valence-corrected chi connectivity index (χ0v) is 24.9. The van der Waals surface area contributed by atoms with Crippen molar-refractivity contribution in [2.75, 3.05) is 13.2 Å². The predicted molar refractivity (Wildman–Crippen MR) is 163 cm³/mol. The Balaban J connectivity index is 1.76. The van der Waals surface area contributed by atoms with Gasteiger partial charge in [0.1, 0.15) is 11.5 Å². The third-order valence-corrected chi connectivity index (χ3v) is 6.56. The Hall–Kier alpha value is -4.17. The molecule has 4 rings (SSSR count). The number of para-hydroxylation sites is 1. The van der Waals surface area contributed by atoms with Crippen LogP contribution in [0.25, 0.3) is 22.3 Å².